The number of H-pyrrole nitrogens is 1. The van der Waals surface area contributed by atoms with E-state index in [1.807, 2.05) is 12.1 Å². The third-order valence-corrected chi connectivity index (χ3v) is 4.79. The van der Waals surface area contributed by atoms with E-state index < -0.39 is 11.7 Å². The molecular formula is C20H12F3NO3. The number of rotatable bonds is 1. The highest BCUT2D eigenvalue weighted by molar-refractivity contribution is 6.16. The minimum absolute atomic E-state index is 0.00210. The number of nitrogens with one attached hydrogen (secondary N) is 1. The average molecular weight is 371 g/mol. The van der Waals surface area contributed by atoms with Crippen molar-refractivity contribution in [3.8, 4) is 28.5 Å². The van der Waals surface area contributed by atoms with Gasteiger partial charge < -0.3 is 19.6 Å². The maximum Gasteiger partial charge on any atom is 0.416 e. The van der Waals surface area contributed by atoms with Crippen molar-refractivity contribution in [3.63, 3.8) is 0 Å². The first kappa shape index (κ1) is 15.9. The summed E-state index contributed by atoms with van der Waals surface area (Å²) in [5.74, 6) is 1.12. The highest BCUT2D eigenvalue weighted by atomic mass is 19.4. The van der Waals surface area contributed by atoms with Crippen LogP contribution in [0.15, 0.2) is 48.7 Å². The number of aromatic hydroxyl groups is 1. The van der Waals surface area contributed by atoms with Gasteiger partial charge in [0, 0.05) is 27.9 Å². The maximum absolute atomic E-state index is 12.9. The van der Waals surface area contributed by atoms with Gasteiger partial charge in [0.2, 0.25) is 6.79 Å². The molecule has 0 aliphatic carbocycles. The Balaban J connectivity index is 1.87. The maximum atomic E-state index is 12.9. The van der Waals surface area contributed by atoms with E-state index in [-0.39, 0.29) is 12.7 Å². The van der Waals surface area contributed by atoms with E-state index in [0.717, 1.165) is 22.9 Å². The van der Waals surface area contributed by atoms with Crippen molar-refractivity contribution < 1.29 is 27.8 Å². The fraction of sp³-hybridized carbons (Fsp3) is 0.100. The molecule has 0 saturated carbocycles. The summed E-state index contributed by atoms with van der Waals surface area (Å²) in [5, 5.41) is 12.9. The number of aromatic amines is 1. The third kappa shape index (κ3) is 2.31. The summed E-state index contributed by atoms with van der Waals surface area (Å²) in [6.45, 7) is 0.0807. The molecule has 3 aromatic carbocycles. The van der Waals surface area contributed by atoms with Gasteiger partial charge in [-0.05, 0) is 35.2 Å². The first-order valence-corrected chi connectivity index (χ1v) is 8.16. The number of aromatic nitrogens is 1. The molecule has 1 aliphatic rings. The van der Waals surface area contributed by atoms with Crippen molar-refractivity contribution >= 4 is 21.5 Å². The molecule has 0 saturated heterocycles. The first-order chi connectivity index (χ1) is 12.9. The SMILES string of the molecule is Oc1[nH]cc2c(-c3ccc(C(F)(F)F)cc3)c3c4c(ccc3cc12)OCO4. The summed E-state index contributed by atoms with van der Waals surface area (Å²) in [4.78, 5) is 2.77. The van der Waals surface area contributed by atoms with E-state index in [4.69, 9.17) is 9.47 Å². The van der Waals surface area contributed by atoms with E-state index in [9.17, 15) is 18.3 Å². The predicted octanol–water partition coefficient (Wildman–Crippen LogP) is 5.44. The Bertz CT molecular complexity index is 1190. The zero-order valence-corrected chi connectivity index (χ0v) is 13.7. The lowest BCUT2D eigenvalue weighted by molar-refractivity contribution is -0.137. The van der Waals surface area contributed by atoms with Crippen molar-refractivity contribution in [2.24, 2.45) is 0 Å². The second-order valence-electron chi connectivity index (χ2n) is 6.32. The number of hydrogen-bond donors (Lipinski definition) is 2. The largest absolute Gasteiger partial charge is 0.494 e. The minimum Gasteiger partial charge on any atom is -0.494 e. The summed E-state index contributed by atoms with van der Waals surface area (Å²) in [7, 11) is 0. The van der Waals surface area contributed by atoms with E-state index in [1.165, 1.54) is 12.1 Å². The summed E-state index contributed by atoms with van der Waals surface area (Å²) < 4.78 is 49.9. The summed E-state index contributed by atoms with van der Waals surface area (Å²) >= 11 is 0. The summed E-state index contributed by atoms with van der Waals surface area (Å²) in [5.41, 5.74) is 0.543. The standard InChI is InChI=1S/C20H12F3NO3/c21-20(22,23)12-4-1-10(2-5-12)16-14-8-24-19(25)13(14)7-11-3-6-15-18(17(11)16)27-9-26-15/h1-8,24-25H,9H2. The Morgan fingerprint density at radius 3 is 2.48 bits per heavy atom. The van der Waals surface area contributed by atoms with Gasteiger partial charge in [0.05, 0.1) is 5.56 Å². The van der Waals surface area contributed by atoms with Crippen LogP contribution in [0.2, 0.25) is 0 Å². The lowest BCUT2D eigenvalue weighted by Crippen LogP contribution is -2.04. The van der Waals surface area contributed by atoms with Crippen LogP contribution in [0.3, 0.4) is 0 Å². The molecular weight excluding hydrogens is 359 g/mol. The Hall–Kier alpha value is -3.35. The number of fused-ring (bicyclic) bond motifs is 4. The van der Waals surface area contributed by atoms with Crippen molar-refractivity contribution in [1.82, 2.24) is 4.98 Å². The fourth-order valence-electron chi connectivity index (χ4n) is 3.56. The first-order valence-electron chi connectivity index (χ1n) is 8.16. The Morgan fingerprint density at radius 2 is 1.74 bits per heavy atom. The van der Waals surface area contributed by atoms with Gasteiger partial charge in [-0.15, -0.1) is 0 Å². The van der Waals surface area contributed by atoms with Gasteiger partial charge in [-0.2, -0.15) is 13.2 Å². The second-order valence-corrected chi connectivity index (χ2v) is 6.32. The second kappa shape index (κ2) is 5.33. The van der Waals surface area contributed by atoms with Crippen LogP contribution >= 0.6 is 0 Å². The molecule has 0 unspecified atom stereocenters. The van der Waals surface area contributed by atoms with Gasteiger partial charge in [0.15, 0.2) is 17.4 Å². The van der Waals surface area contributed by atoms with Gasteiger partial charge >= 0.3 is 6.18 Å². The summed E-state index contributed by atoms with van der Waals surface area (Å²) in [6.07, 6.45) is -2.77. The molecule has 0 amide bonds. The van der Waals surface area contributed by atoms with Crippen LogP contribution in [0, 0.1) is 0 Å². The van der Waals surface area contributed by atoms with Crippen molar-refractivity contribution in [2.75, 3.05) is 6.79 Å². The lowest BCUT2D eigenvalue weighted by atomic mass is 9.92. The van der Waals surface area contributed by atoms with Gasteiger partial charge in [0.1, 0.15) is 0 Å². The fourth-order valence-corrected chi connectivity index (χ4v) is 3.56. The number of halogens is 3. The van der Waals surface area contributed by atoms with Crippen molar-refractivity contribution in [2.45, 2.75) is 6.18 Å². The van der Waals surface area contributed by atoms with Crippen molar-refractivity contribution in [3.05, 3.63) is 54.2 Å². The molecule has 2 N–H and O–H groups in total. The molecule has 1 aliphatic heterocycles. The minimum atomic E-state index is -4.41. The smallest absolute Gasteiger partial charge is 0.416 e. The molecule has 1 aromatic heterocycles. The third-order valence-electron chi connectivity index (χ3n) is 4.79. The summed E-state index contributed by atoms with van der Waals surface area (Å²) in [6, 6.07) is 10.4. The number of hydrogen-bond acceptors (Lipinski definition) is 3. The van der Waals surface area contributed by atoms with E-state index in [2.05, 4.69) is 4.98 Å². The van der Waals surface area contributed by atoms with Crippen LogP contribution in [0.5, 0.6) is 17.4 Å². The number of ether oxygens (including phenoxy) is 2. The monoisotopic (exact) mass is 371 g/mol. The average Bonchev–Trinajstić information content (AvgIpc) is 3.26. The van der Waals surface area contributed by atoms with E-state index in [0.29, 0.717) is 33.4 Å². The molecule has 7 heteroatoms. The Labute approximate surface area is 150 Å². The molecule has 0 bridgehead atoms. The van der Waals surface area contributed by atoms with Crippen LogP contribution in [0.4, 0.5) is 13.2 Å². The van der Waals surface area contributed by atoms with Crippen LogP contribution in [0.1, 0.15) is 5.56 Å². The van der Waals surface area contributed by atoms with E-state index in [1.54, 1.807) is 12.3 Å². The van der Waals surface area contributed by atoms with Crippen LogP contribution < -0.4 is 9.47 Å². The molecule has 2 heterocycles. The molecule has 0 atom stereocenters. The van der Waals surface area contributed by atoms with Gasteiger partial charge in [-0.1, -0.05) is 18.2 Å². The normalized spacial score (nSPS) is 13.6. The van der Waals surface area contributed by atoms with Gasteiger partial charge in [-0.25, -0.2) is 0 Å². The van der Waals surface area contributed by atoms with Crippen molar-refractivity contribution in [1.29, 1.82) is 0 Å². The quantitative estimate of drug-likeness (QED) is 0.468. The highest BCUT2D eigenvalue weighted by Crippen LogP contribution is 2.48. The predicted molar refractivity (Wildman–Crippen MR) is 94.0 cm³/mol. The zero-order valence-electron chi connectivity index (χ0n) is 13.7. The molecule has 0 fully saturated rings. The highest BCUT2D eigenvalue weighted by Gasteiger charge is 2.30. The molecule has 4 nitrogen and oxygen atoms in total. The number of alkyl halides is 3. The molecule has 4 aromatic rings. The molecule has 27 heavy (non-hydrogen) atoms. The zero-order chi connectivity index (χ0) is 18.8. The number of benzene rings is 3. The topological polar surface area (TPSA) is 54.5 Å². The van der Waals surface area contributed by atoms with Crippen LogP contribution in [-0.2, 0) is 6.18 Å². The molecule has 0 spiro atoms. The van der Waals surface area contributed by atoms with Gasteiger partial charge in [0.25, 0.3) is 0 Å². The van der Waals surface area contributed by atoms with Crippen LogP contribution in [0.25, 0.3) is 32.7 Å². The molecule has 0 radical (unpaired) electrons. The molecule has 5 rings (SSSR count). The van der Waals surface area contributed by atoms with E-state index >= 15 is 0 Å². The Morgan fingerprint density at radius 1 is 0.963 bits per heavy atom. The molecule has 136 valence electrons. The Kier molecular flexibility index (Phi) is 3.13. The van der Waals surface area contributed by atoms with Gasteiger partial charge in [-0.3, -0.25) is 0 Å². The lowest BCUT2D eigenvalue weighted by Gasteiger charge is -2.13. The van der Waals surface area contributed by atoms with Crippen LogP contribution in [-0.4, -0.2) is 16.9 Å².